The van der Waals surface area contributed by atoms with Crippen LogP contribution in [-0.4, -0.2) is 58.9 Å². The fourth-order valence-electron chi connectivity index (χ4n) is 3.69. The molecule has 3 aromatic rings. The topological polar surface area (TPSA) is 78.4 Å². The van der Waals surface area contributed by atoms with Crippen LogP contribution < -0.4 is 5.32 Å². The fraction of sp³-hybridized carbons (Fsp3) is 0.231. The maximum absolute atomic E-state index is 12.7. The summed E-state index contributed by atoms with van der Waals surface area (Å²) in [6, 6.07) is 16.8. The molecule has 7 nitrogen and oxygen atoms in total. The van der Waals surface area contributed by atoms with E-state index in [0.29, 0.717) is 24.3 Å². The number of hydrogen-bond donors (Lipinski definition) is 1. The van der Waals surface area contributed by atoms with Crippen LogP contribution in [0.3, 0.4) is 0 Å². The van der Waals surface area contributed by atoms with Gasteiger partial charge < -0.3 is 15.1 Å². The van der Waals surface area contributed by atoms with Crippen molar-refractivity contribution in [1.29, 1.82) is 0 Å². The maximum atomic E-state index is 12.7. The van der Waals surface area contributed by atoms with Crippen molar-refractivity contribution in [3.05, 3.63) is 83.8 Å². The number of carbonyl (C=O) groups is 2. The molecule has 1 fully saturated rings. The van der Waals surface area contributed by atoms with Crippen molar-refractivity contribution in [1.82, 2.24) is 19.8 Å². The van der Waals surface area contributed by atoms with Gasteiger partial charge in [0.1, 0.15) is 0 Å². The van der Waals surface area contributed by atoms with Gasteiger partial charge in [0.15, 0.2) is 0 Å². The highest BCUT2D eigenvalue weighted by Crippen LogP contribution is 2.22. The van der Waals surface area contributed by atoms with Gasteiger partial charge in [-0.2, -0.15) is 0 Å². The summed E-state index contributed by atoms with van der Waals surface area (Å²) in [4.78, 5) is 36.9. The average Bonchev–Trinajstić information content (AvgIpc) is 2.85. The molecule has 0 aliphatic carbocycles. The number of piperidine rings is 1. The van der Waals surface area contributed by atoms with Gasteiger partial charge >= 0.3 is 6.03 Å². The van der Waals surface area contributed by atoms with E-state index in [0.717, 1.165) is 29.8 Å². The maximum Gasteiger partial charge on any atom is 0.321 e. The van der Waals surface area contributed by atoms with Gasteiger partial charge in [-0.1, -0.05) is 23.8 Å². The van der Waals surface area contributed by atoms with Crippen LogP contribution in [0.1, 0.15) is 28.9 Å². The second-order valence-corrected chi connectivity index (χ2v) is 8.18. The van der Waals surface area contributed by atoms with E-state index < -0.39 is 0 Å². The van der Waals surface area contributed by atoms with Gasteiger partial charge in [0.25, 0.3) is 5.91 Å². The summed E-state index contributed by atoms with van der Waals surface area (Å²) in [5.74, 6) is -0.0374. The van der Waals surface area contributed by atoms with Crippen LogP contribution in [0.4, 0.5) is 10.5 Å². The van der Waals surface area contributed by atoms with E-state index in [1.807, 2.05) is 47.4 Å². The van der Waals surface area contributed by atoms with Gasteiger partial charge in [-0.15, -0.1) is 0 Å². The van der Waals surface area contributed by atoms with Crippen LogP contribution in [-0.2, 0) is 0 Å². The van der Waals surface area contributed by atoms with Crippen molar-refractivity contribution in [2.24, 2.45) is 0 Å². The molecule has 168 valence electrons. The van der Waals surface area contributed by atoms with Crippen molar-refractivity contribution in [2.75, 3.05) is 32.5 Å². The molecule has 0 atom stereocenters. The van der Waals surface area contributed by atoms with Gasteiger partial charge in [0.2, 0.25) is 0 Å². The lowest BCUT2D eigenvalue weighted by Gasteiger charge is -2.28. The van der Waals surface area contributed by atoms with Crippen molar-refractivity contribution >= 4 is 23.7 Å². The molecule has 33 heavy (non-hydrogen) atoms. The number of urea groups is 1. The van der Waals surface area contributed by atoms with Crippen molar-refractivity contribution in [2.45, 2.75) is 12.8 Å². The SMILES string of the molecule is CN(C)C(=O)c1ccc(-c2ccc(NC(=O)N3CCC(=Cc4ccccn4)CC3)cn2)cc1. The van der Waals surface area contributed by atoms with Crippen LogP contribution in [0.5, 0.6) is 0 Å². The lowest BCUT2D eigenvalue weighted by molar-refractivity contribution is 0.0827. The molecular weight excluding hydrogens is 414 g/mol. The van der Waals surface area contributed by atoms with Crippen LogP contribution >= 0.6 is 0 Å². The third-order valence-corrected chi connectivity index (χ3v) is 5.58. The molecule has 0 unspecified atom stereocenters. The second-order valence-electron chi connectivity index (χ2n) is 8.18. The molecule has 4 rings (SSSR count). The van der Waals surface area contributed by atoms with Crippen LogP contribution in [0.25, 0.3) is 17.3 Å². The average molecular weight is 442 g/mol. The van der Waals surface area contributed by atoms with E-state index in [9.17, 15) is 9.59 Å². The number of aromatic nitrogens is 2. The molecule has 0 radical (unpaired) electrons. The highest BCUT2D eigenvalue weighted by Gasteiger charge is 2.19. The van der Waals surface area contributed by atoms with Gasteiger partial charge in [0.05, 0.1) is 23.3 Å². The Balaban J connectivity index is 1.32. The quantitative estimate of drug-likeness (QED) is 0.644. The van der Waals surface area contributed by atoms with E-state index in [-0.39, 0.29) is 11.9 Å². The number of likely N-dealkylation sites (tertiary alicyclic amines) is 1. The Morgan fingerprint density at radius 1 is 0.970 bits per heavy atom. The minimum absolute atomic E-state index is 0.0374. The third kappa shape index (κ3) is 5.63. The number of nitrogens with zero attached hydrogens (tertiary/aromatic N) is 4. The molecule has 1 saturated heterocycles. The molecule has 0 saturated carbocycles. The standard InChI is InChI=1S/C26H27N5O2/c1-30(2)25(32)21-8-6-20(7-9-21)24-11-10-23(18-28-24)29-26(33)31-15-12-19(13-16-31)17-22-5-3-4-14-27-22/h3-11,14,17-18H,12-13,15-16H2,1-2H3,(H,29,33). The molecule has 2 aromatic heterocycles. The van der Waals surface area contributed by atoms with E-state index in [4.69, 9.17) is 0 Å². The van der Waals surface area contributed by atoms with Crippen molar-refractivity contribution in [3.63, 3.8) is 0 Å². The summed E-state index contributed by atoms with van der Waals surface area (Å²) in [5, 5.41) is 2.93. The molecule has 3 heterocycles. The van der Waals surface area contributed by atoms with Crippen molar-refractivity contribution < 1.29 is 9.59 Å². The number of rotatable bonds is 4. The van der Waals surface area contributed by atoms with Crippen LogP contribution in [0.15, 0.2) is 72.6 Å². The predicted molar refractivity (Wildman–Crippen MR) is 130 cm³/mol. The molecule has 3 amide bonds. The number of amides is 3. The Kier molecular flexibility index (Phi) is 6.78. The molecule has 0 spiro atoms. The highest BCUT2D eigenvalue weighted by molar-refractivity contribution is 5.94. The molecule has 7 heteroatoms. The first-order valence-electron chi connectivity index (χ1n) is 10.9. The van der Waals surface area contributed by atoms with Crippen LogP contribution in [0.2, 0.25) is 0 Å². The van der Waals surface area contributed by atoms with Gasteiger partial charge in [-0.3, -0.25) is 14.8 Å². The number of pyridine rings is 2. The molecule has 1 N–H and O–H groups in total. The van der Waals surface area contributed by atoms with Gasteiger partial charge in [-0.05, 0) is 55.3 Å². The predicted octanol–water partition coefficient (Wildman–Crippen LogP) is 4.56. The first-order valence-corrected chi connectivity index (χ1v) is 10.9. The normalized spacial score (nSPS) is 13.4. The van der Waals surface area contributed by atoms with E-state index in [1.54, 1.807) is 43.5 Å². The zero-order valence-electron chi connectivity index (χ0n) is 18.9. The Hall–Kier alpha value is -4.00. The Labute approximate surface area is 193 Å². The number of nitrogens with one attached hydrogen (secondary N) is 1. The fourth-order valence-corrected chi connectivity index (χ4v) is 3.69. The monoisotopic (exact) mass is 441 g/mol. The van der Waals surface area contributed by atoms with Crippen molar-refractivity contribution in [3.8, 4) is 11.3 Å². The second kappa shape index (κ2) is 10.1. The summed E-state index contributed by atoms with van der Waals surface area (Å²) in [5.41, 5.74) is 5.23. The number of hydrogen-bond acceptors (Lipinski definition) is 4. The molecule has 1 aliphatic heterocycles. The van der Waals surface area contributed by atoms with E-state index in [2.05, 4.69) is 21.4 Å². The smallest absolute Gasteiger partial charge is 0.321 e. The minimum atomic E-state index is -0.118. The zero-order valence-corrected chi connectivity index (χ0v) is 18.9. The first-order chi connectivity index (χ1) is 16.0. The van der Waals surface area contributed by atoms with Crippen LogP contribution in [0, 0.1) is 0 Å². The summed E-state index contributed by atoms with van der Waals surface area (Å²) in [6.45, 7) is 1.35. The summed E-state index contributed by atoms with van der Waals surface area (Å²) in [7, 11) is 3.46. The molecule has 1 aliphatic rings. The highest BCUT2D eigenvalue weighted by atomic mass is 16.2. The number of anilines is 1. The zero-order chi connectivity index (χ0) is 23.2. The molecule has 0 bridgehead atoms. The first kappa shape index (κ1) is 22.2. The minimum Gasteiger partial charge on any atom is -0.345 e. The Morgan fingerprint density at radius 3 is 2.33 bits per heavy atom. The number of benzene rings is 1. The Bertz CT molecular complexity index is 1130. The summed E-state index contributed by atoms with van der Waals surface area (Å²) in [6.07, 6.45) is 7.24. The number of carbonyl (C=O) groups excluding carboxylic acids is 2. The molecular formula is C26H27N5O2. The molecule has 1 aromatic carbocycles. The lowest BCUT2D eigenvalue weighted by Crippen LogP contribution is -2.39. The lowest BCUT2D eigenvalue weighted by atomic mass is 10.0. The Morgan fingerprint density at radius 2 is 1.73 bits per heavy atom. The summed E-state index contributed by atoms with van der Waals surface area (Å²) < 4.78 is 0. The van der Waals surface area contributed by atoms with Gasteiger partial charge in [0, 0.05) is 44.5 Å². The third-order valence-electron chi connectivity index (χ3n) is 5.58. The van der Waals surface area contributed by atoms with Gasteiger partial charge in [-0.25, -0.2) is 4.79 Å². The largest absolute Gasteiger partial charge is 0.345 e. The van der Waals surface area contributed by atoms with E-state index in [1.165, 1.54) is 5.57 Å². The summed E-state index contributed by atoms with van der Waals surface area (Å²) >= 11 is 0. The van der Waals surface area contributed by atoms with E-state index >= 15 is 0 Å².